The lowest BCUT2D eigenvalue weighted by Gasteiger charge is -2.20. The van der Waals surface area contributed by atoms with Crippen LogP contribution in [0.25, 0.3) is 0 Å². The first-order chi connectivity index (χ1) is 14.8. The number of nitrogens with one attached hydrogen (secondary N) is 1. The van der Waals surface area contributed by atoms with Gasteiger partial charge in [0, 0.05) is 17.1 Å². The van der Waals surface area contributed by atoms with Crippen LogP contribution in [-0.2, 0) is 16.4 Å². The molecule has 0 saturated heterocycles. The van der Waals surface area contributed by atoms with E-state index in [1.807, 2.05) is 6.92 Å². The van der Waals surface area contributed by atoms with Crippen LogP contribution in [0.15, 0.2) is 71.6 Å². The number of hydrogen-bond donors (Lipinski definition) is 1. The van der Waals surface area contributed by atoms with E-state index in [1.54, 1.807) is 42.5 Å². The topological polar surface area (TPSA) is 66.5 Å². The van der Waals surface area contributed by atoms with Crippen LogP contribution in [-0.4, -0.2) is 20.9 Å². The second kappa shape index (κ2) is 8.32. The zero-order valence-corrected chi connectivity index (χ0v) is 18.3. The number of nitrogens with zero attached hydrogens (tertiary/aromatic N) is 1. The van der Waals surface area contributed by atoms with Crippen LogP contribution in [0.5, 0.6) is 0 Å². The molecule has 0 aromatic heterocycles. The molecule has 1 aliphatic heterocycles. The number of hydrogen-bond acceptors (Lipinski definition) is 3. The van der Waals surface area contributed by atoms with Crippen LogP contribution in [0.4, 0.5) is 10.1 Å². The highest BCUT2D eigenvalue weighted by Crippen LogP contribution is 2.34. The molecule has 1 amide bonds. The molecule has 1 N–H and O–H groups in total. The maximum Gasteiger partial charge on any atom is 0.264 e. The van der Waals surface area contributed by atoms with Crippen molar-refractivity contribution < 1.29 is 17.6 Å². The molecule has 1 atom stereocenters. The minimum Gasteiger partial charge on any atom is -0.346 e. The van der Waals surface area contributed by atoms with Crippen LogP contribution in [0, 0.1) is 5.82 Å². The van der Waals surface area contributed by atoms with Gasteiger partial charge in [-0.1, -0.05) is 23.7 Å². The molecule has 1 heterocycles. The maximum atomic E-state index is 13.1. The van der Waals surface area contributed by atoms with Gasteiger partial charge in [-0.25, -0.2) is 12.8 Å². The van der Waals surface area contributed by atoms with Crippen molar-refractivity contribution in [1.29, 1.82) is 0 Å². The second-order valence-electron chi connectivity index (χ2n) is 7.37. The van der Waals surface area contributed by atoms with Gasteiger partial charge >= 0.3 is 0 Å². The lowest BCUT2D eigenvalue weighted by Crippen LogP contribution is -2.29. The van der Waals surface area contributed by atoms with Gasteiger partial charge in [0.25, 0.3) is 15.9 Å². The van der Waals surface area contributed by atoms with E-state index in [9.17, 15) is 17.6 Å². The Bertz CT molecular complexity index is 1230. The van der Waals surface area contributed by atoms with Crippen molar-refractivity contribution in [3.63, 3.8) is 0 Å². The summed E-state index contributed by atoms with van der Waals surface area (Å²) in [5, 5.41) is 3.35. The number of halogens is 2. The highest BCUT2D eigenvalue weighted by Gasteiger charge is 2.31. The number of carbonyl (C=O) groups excluding carboxylic acids is 1. The van der Waals surface area contributed by atoms with Gasteiger partial charge in [0.15, 0.2) is 0 Å². The van der Waals surface area contributed by atoms with Crippen molar-refractivity contribution in [2.75, 3.05) is 10.8 Å². The minimum atomic E-state index is -3.72. The predicted octanol–water partition coefficient (Wildman–Crippen LogP) is 4.72. The summed E-state index contributed by atoms with van der Waals surface area (Å²) in [6.07, 6.45) is 0.511. The maximum absolute atomic E-state index is 13.1. The van der Waals surface area contributed by atoms with Gasteiger partial charge in [-0.05, 0) is 79.1 Å². The molecule has 0 bridgehead atoms. The smallest absolute Gasteiger partial charge is 0.264 e. The number of fused-ring (bicyclic) bond motifs is 1. The lowest BCUT2D eigenvalue weighted by atomic mass is 10.1. The molecule has 4 rings (SSSR count). The SMILES string of the molecule is CC(NC(=O)c1ccc2c(c1)CCN2S(=O)(=O)c1ccc(Cl)cc1)c1ccc(F)cc1. The standard InChI is InChI=1S/C23H20ClFN2O3S/c1-15(16-2-7-20(25)8-3-16)26-23(28)18-4-11-22-17(14-18)12-13-27(22)31(29,30)21-9-5-19(24)6-10-21/h2-11,14-15H,12-13H2,1H3,(H,26,28). The minimum absolute atomic E-state index is 0.166. The average molecular weight is 459 g/mol. The van der Waals surface area contributed by atoms with E-state index in [1.165, 1.54) is 28.6 Å². The average Bonchev–Trinajstić information content (AvgIpc) is 3.18. The molecule has 5 nitrogen and oxygen atoms in total. The number of benzene rings is 3. The molecule has 0 aliphatic carbocycles. The molecular formula is C23H20ClFN2O3S. The van der Waals surface area contributed by atoms with Crippen LogP contribution < -0.4 is 9.62 Å². The Hall–Kier alpha value is -2.90. The highest BCUT2D eigenvalue weighted by molar-refractivity contribution is 7.92. The van der Waals surface area contributed by atoms with E-state index in [0.29, 0.717) is 29.2 Å². The Morgan fingerprint density at radius 3 is 2.42 bits per heavy atom. The fourth-order valence-electron chi connectivity index (χ4n) is 3.61. The Labute approximate surface area is 185 Å². The van der Waals surface area contributed by atoms with Gasteiger partial charge in [-0.2, -0.15) is 0 Å². The monoisotopic (exact) mass is 458 g/mol. The first kappa shape index (κ1) is 21.3. The van der Waals surface area contributed by atoms with Crippen molar-refractivity contribution in [1.82, 2.24) is 5.32 Å². The molecule has 1 unspecified atom stereocenters. The van der Waals surface area contributed by atoms with Crippen LogP contribution in [0.3, 0.4) is 0 Å². The summed E-state index contributed by atoms with van der Waals surface area (Å²) in [6, 6.07) is 16.7. The summed E-state index contributed by atoms with van der Waals surface area (Å²) >= 11 is 5.87. The Kier molecular flexibility index (Phi) is 5.73. The van der Waals surface area contributed by atoms with Crippen LogP contribution >= 0.6 is 11.6 Å². The quantitative estimate of drug-likeness (QED) is 0.601. The van der Waals surface area contributed by atoms with Crippen molar-refractivity contribution in [2.45, 2.75) is 24.3 Å². The zero-order valence-electron chi connectivity index (χ0n) is 16.7. The summed E-state index contributed by atoms with van der Waals surface area (Å²) in [4.78, 5) is 12.9. The Balaban J connectivity index is 1.53. The van der Waals surface area contributed by atoms with E-state index < -0.39 is 10.0 Å². The second-order valence-corrected chi connectivity index (χ2v) is 9.67. The molecule has 0 radical (unpaired) electrons. The third-order valence-corrected chi connectivity index (χ3v) is 7.39. The molecule has 3 aromatic carbocycles. The third-order valence-electron chi connectivity index (χ3n) is 5.31. The number of rotatable bonds is 5. The van der Waals surface area contributed by atoms with Crippen molar-refractivity contribution >= 4 is 33.2 Å². The van der Waals surface area contributed by atoms with Crippen LogP contribution in [0.1, 0.15) is 34.5 Å². The number of carbonyl (C=O) groups is 1. The van der Waals surface area contributed by atoms with Gasteiger partial charge in [0.2, 0.25) is 0 Å². The molecule has 8 heteroatoms. The van der Waals surface area contributed by atoms with Crippen LogP contribution in [0.2, 0.25) is 5.02 Å². The van der Waals surface area contributed by atoms with E-state index in [0.717, 1.165) is 11.1 Å². The summed E-state index contributed by atoms with van der Waals surface area (Å²) in [5.41, 5.74) is 2.59. The van der Waals surface area contributed by atoms with Crippen molar-refractivity contribution in [3.8, 4) is 0 Å². The number of amides is 1. The molecule has 0 spiro atoms. The Morgan fingerprint density at radius 2 is 1.74 bits per heavy atom. The third kappa shape index (κ3) is 4.29. The largest absolute Gasteiger partial charge is 0.346 e. The van der Waals surface area contributed by atoms with Gasteiger partial charge in [0.1, 0.15) is 5.82 Å². The first-order valence-corrected chi connectivity index (χ1v) is 11.5. The summed E-state index contributed by atoms with van der Waals surface area (Å²) in [5.74, 6) is -0.613. The normalized spacial score (nSPS) is 14.2. The summed E-state index contributed by atoms with van der Waals surface area (Å²) < 4.78 is 40.5. The zero-order chi connectivity index (χ0) is 22.2. The molecule has 160 valence electrons. The van der Waals surface area contributed by atoms with Crippen molar-refractivity contribution in [3.05, 3.63) is 94.3 Å². The first-order valence-electron chi connectivity index (χ1n) is 9.73. The van der Waals surface area contributed by atoms with E-state index in [4.69, 9.17) is 11.6 Å². The van der Waals surface area contributed by atoms with Crippen molar-refractivity contribution in [2.24, 2.45) is 0 Å². The number of anilines is 1. The van der Waals surface area contributed by atoms with E-state index in [2.05, 4.69) is 5.32 Å². The van der Waals surface area contributed by atoms with E-state index in [-0.39, 0.29) is 22.7 Å². The summed E-state index contributed by atoms with van der Waals surface area (Å²) in [6.45, 7) is 2.12. The number of sulfonamides is 1. The van der Waals surface area contributed by atoms with Gasteiger partial charge in [-0.3, -0.25) is 9.10 Å². The molecule has 1 aliphatic rings. The van der Waals surface area contributed by atoms with Gasteiger partial charge in [0.05, 0.1) is 16.6 Å². The Morgan fingerprint density at radius 1 is 1.06 bits per heavy atom. The summed E-state index contributed by atoms with van der Waals surface area (Å²) in [7, 11) is -3.72. The highest BCUT2D eigenvalue weighted by atomic mass is 35.5. The molecule has 0 fully saturated rings. The molecular weight excluding hydrogens is 439 g/mol. The molecule has 31 heavy (non-hydrogen) atoms. The molecule has 0 saturated carbocycles. The molecule has 3 aromatic rings. The predicted molar refractivity (Wildman–Crippen MR) is 118 cm³/mol. The fourth-order valence-corrected chi connectivity index (χ4v) is 5.24. The van der Waals surface area contributed by atoms with Gasteiger partial charge in [-0.15, -0.1) is 0 Å². The lowest BCUT2D eigenvalue weighted by molar-refractivity contribution is 0.0940. The fraction of sp³-hybridized carbons (Fsp3) is 0.174. The van der Waals surface area contributed by atoms with E-state index >= 15 is 0 Å². The van der Waals surface area contributed by atoms with Gasteiger partial charge < -0.3 is 5.32 Å².